The van der Waals surface area contributed by atoms with Crippen LogP contribution in [0.1, 0.15) is 0 Å². The van der Waals surface area contributed by atoms with Crippen molar-refractivity contribution in [2.45, 2.75) is 0 Å². The van der Waals surface area contributed by atoms with Crippen molar-refractivity contribution >= 4 is 44.3 Å². The first-order chi connectivity index (χ1) is 34.6. The van der Waals surface area contributed by atoms with Crippen molar-refractivity contribution in [3.05, 3.63) is 279 Å². The van der Waals surface area contributed by atoms with E-state index in [1.54, 1.807) is 0 Å². The third-order valence-corrected chi connectivity index (χ3v) is 13.4. The third kappa shape index (κ3) is 8.98. The number of benzene rings is 12. The zero-order chi connectivity index (χ0) is 46.6. The fraction of sp³-hybridized carbons (Fsp3) is 0. The number of hydrogen-bond acceptors (Lipinski definition) is 2. The first-order valence-electron chi connectivity index (χ1n) is 24.0. The molecule has 2 nitrogen and oxygen atoms in total. The second-order valence-corrected chi connectivity index (χ2v) is 18.0. The van der Waals surface area contributed by atoms with Gasteiger partial charge < -0.3 is 10.6 Å². The maximum atomic E-state index is 3.74. The highest BCUT2D eigenvalue weighted by atomic mass is 14.9. The Morgan fingerprint density at radius 3 is 1.11 bits per heavy atom. The zero-order valence-corrected chi connectivity index (χ0v) is 38.6. The molecule has 330 valence electrons. The van der Waals surface area contributed by atoms with Gasteiger partial charge in [0.2, 0.25) is 0 Å². The minimum Gasteiger partial charge on any atom is -0.355 e. The van der Waals surface area contributed by atoms with Gasteiger partial charge in [0.05, 0.1) is 0 Å². The molecule has 2 heteroatoms. The van der Waals surface area contributed by atoms with Crippen LogP contribution in [0.5, 0.6) is 0 Å². The van der Waals surface area contributed by atoms with Crippen LogP contribution in [0.4, 0.5) is 22.7 Å². The van der Waals surface area contributed by atoms with Crippen molar-refractivity contribution in [2.75, 3.05) is 10.6 Å². The molecule has 0 spiro atoms. The van der Waals surface area contributed by atoms with Crippen molar-refractivity contribution in [1.29, 1.82) is 0 Å². The van der Waals surface area contributed by atoms with Gasteiger partial charge in [0, 0.05) is 22.7 Å². The molecule has 12 aromatic carbocycles. The maximum Gasteiger partial charge on any atom is 0.0396 e. The largest absolute Gasteiger partial charge is 0.355 e. The Hall–Kier alpha value is -9.24. The van der Waals surface area contributed by atoms with Gasteiger partial charge in [0.25, 0.3) is 0 Å². The average molecular weight is 893 g/mol. The lowest BCUT2D eigenvalue weighted by atomic mass is 9.94. The van der Waals surface area contributed by atoms with Crippen LogP contribution in [0, 0.1) is 0 Å². The van der Waals surface area contributed by atoms with Gasteiger partial charge in [-0.1, -0.05) is 206 Å². The van der Waals surface area contributed by atoms with E-state index in [0.717, 1.165) is 39.4 Å². The van der Waals surface area contributed by atoms with Crippen molar-refractivity contribution in [3.8, 4) is 77.9 Å². The zero-order valence-electron chi connectivity index (χ0n) is 38.6. The molecular weight excluding hydrogens is 845 g/mol. The Morgan fingerprint density at radius 2 is 0.543 bits per heavy atom. The normalized spacial score (nSPS) is 11.1. The Balaban J connectivity index is 0.773. The lowest BCUT2D eigenvalue weighted by Gasteiger charge is -2.14. The molecule has 2 N–H and O–H groups in total. The Labute approximate surface area is 409 Å². The molecule has 0 unspecified atom stereocenters. The molecular formula is C68H48N2. The first kappa shape index (κ1) is 42.1. The number of anilines is 4. The molecule has 0 aliphatic carbocycles. The number of fused-ring (bicyclic) bond motifs is 2. The van der Waals surface area contributed by atoms with Crippen molar-refractivity contribution in [2.24, 2.45) is 0 Å². The van der Waals surface area contributed by atoms with Crippen molar-refractivity contribution in [3.63, 3.8) is 0 Å². The minimum absolute atomic E-state index is 1.04. The van der Waals surface area contributed by atoms with E-state index < -0.39 is 0 Å². The van der Waals surface area contributed by atoms with Crippen LogP contribution in [0.25, 0.3) is 99.4 Å². The lowest BCUT2D eigenvalue weighted by Crippen LogP contribution is -1.93. The molecule has 0 radical (unpaired) electrons. The summed E-state index contributed by atoms with van der Waals surface area (Å²) in [5, 5.41) is 12.4. The van der Waals surface area contributed by atoms with Gasteiger partial charge >= 0.3 is 0 Å². The molecule has 0 atom stereocenters. The van der Waals surface area contributed by atoms with Crippen molar-refractivity contribution in [1.82, 2.24) is 0 Å². The summed E-state index contributed by atoms with van der Waals surface area (Å²) in [6, 6.07) is 100. The van der Waals surface area contributed by atoms with E-state index in [1.165, 1.54) is 82.7 Å². The average Bonchev–Trinajstić information content (AvgIpc) is 3.43. The molecule has 70 heavy (non-hydrogen) atoms. The highest BCUT2D eigenvalue weighted by Crippen LogP contribution is 2.38. The molecule has 12 aromatic rings. The topological polar surface area (TPSA) is 24.1 Å². The highest BCUT2D eigenvalue weighted by molar-refractivity contribution is 6.01. The van der Waals surface area contributed by atoms with E-state index in [0.29, 0.717) is 0 Å². The predicted molar refractivity (Wildman–Crippen MR) is 299 cm³/mol. The van der Waals surface area contributed by atoms with Gasteiger partial charge in [-0.25, -0.2) is 0 Å². The Morgan fingerprint density at radius 1 is 0.171 bits per heavy atom. The van der Waals surface area contributed by atoms with Crippen molar-refractivity contribution < 1.29 is 0 Å². The fourth-order valence-corrected chi connectivity index (χ4v) is 9.71. The molecule has 0 fully saturated rings. The SMILES string of the molecule is c1ccc(-c2cccc(-c3ccc(Nc4cc(-c5ccccc5)cc(-c5cccc(-c6ccc(-c7ccc(Nc8cc(-c9ccc%10ccccc%10c9)c9ccccc9c8)cc7)cc6)c5)c4)cc3)c2)cc1. The highest BCUT2D eigenvalue weighted by Gasteiger charge is 2.12. The summed E-state index contributed by atoms with van der Waals surface area (Å²) >= 11 is 0. The van der Waals surface area contributed by atoms with Crippen LogP contribution in [0.2, 0.25) is 0 Å². The summed E-state index contributed by atoms with van der Waals surface area (Å²) in [7, 11) is 0. The summed E-state index contributed by atoms with van der Waals surface area (Å²) in [5.74, 6) is 0. The smallest absolute Gasteiger partial charge is 0.0396 e. The van der Waals surface area contributed by atoms with Gasteiger partial charge in [-0.05, 0) is 172 Å². The van der Waals surface area contributed by atoms with Gasteiger partial charge in [0.1, 0.15) is 0 Å². The summed E-state index contributed by atoms with van der Waals surface area (Å²) in [5.41, 5.74) is 20.8. The molecule has 0 aromatic heterocycles. The van der Waals surface area contributed by atoms with E-state index in [2.05, 4.69) is 290 Å². The van der Waals surface area contributed by atoms with Gasteiger partial charge in [-0.15, -0.1) is 0 Å². The second-order valence-electron chi connectivity index (χ2n) is 18.0. The van der Waals surface area contributed by atoms with Crippen LogP contribution < -0.4 is 10.6 Å². The van der Waals surface area contributed by atoms with Gasteiger partial charge in [0.15, 0.2) is 0 Å². The van der Waals surface area contributed by atoms with E-state index in [9.17, 15) is 0 Å². The third-order valence-electron chi connectivity index (χ3n) is 13.4. The molecule has 12 rings (SSSR count). The van der Waals surface area contributed by atoms with E-state index in [1.807, 2.05) is 0 Å². The van der Waals surface area contributed by atoms with E-state index in [4.69, 9.17) is 0 Å². The molecule has 0 saturated carbocycles. The Bertz CT molecular complexity index is 3780. The van der Waals surface area contributed by atoms with Crippen LogP contribution in [0.15, 0.2) is 279 Å². The molecule has 0 aliphatic heterocycles. The first-order valence-corrected chi connectivity index (χ1v) is 24.0. The quantitative estimate of drug-likeness (QED) is 0.135. The van der Waals surface area contributed by atoms with E-state index >= 15 is 0 Å². The maximum absolute atomic E-state index is 3.74. The van der Waals surface area contributed by atoms with Gasteiger partial charge in [-0.3, -0.25) is 0 Å². The van der Waals surface area contributed by atoms with Crippen LogP contribution >= 0.6 is 0 Å². The molecule has 0 saturated heterocycles. The monoisotopic (exact) mass is 892 g/mol. The number of nitrogens with one attached hydrogen (secondary N) is 2. The van der Waals surface area contributed by atoms with E-state index in [-0.39, 0.29) is 0 Å². The predicted octanol–water partition coefficient (Wildman–Crippen LogP) is 19.1. The molecule has 0 bridgehead atoms. The summed E-state index contributed by atoms with van der Waals surface area (Å²) in [6.07, 6.45) is 0. The number of rotatable bonds is 11. The lowest BCUT2D eigenvalue weighted by molar-refractivity contribution is 1.52. The molecule has 0 heterocycles. The molecule has 0 aliphatic rings. The minimum atomic E-state index is 1.04. The fourth-order valence-electron chi connectivity index (χ4n) is 9.71. The van der Waals surface area contributed by atoms with Crippen LogP contribution in [0.3, 0.4) is 0 Å². The Kier molecular flexibility index (Phi) is 11.3. The molecule has 0 amide bonds. The van der Waals surface area contributed by atoms with Crippen LogP contribution in [-0.2, 0) is 0 Å². The second kappa shape index (κ2) is 18.8. The van der Waals surface area contributed by atoms with Gasteiger partial charge in [-0.2, -0.15) is 0 Å². The summed E-state index contributed by atoms with van der Waals surface area (Å²) in [6.45, 7) is 0. The van der Waals surface area contributed by atoms with Crippen LogP contribution in [-0.4, -0.2) is 0 Å². The standard InChI is InChI=1S/C68H48N2/c1-3-13-47(14-4-1)55-20-11-21-56(39-55)53-33-37-63(38-34-53)69-65-44-61(48-15-5-2-6-16-48)42-62(45-65)58-23-12-22-57(40-58)52-27-25-50(26-28-52)51-31-35-64(36-32-51)70-66-43-59-19-9-10-24-67(59)68(46-66)60-30-29-49-17-7-8-18-54(49)41-60/h1-46,69-70H. The summed E-state index contributed by atoms with van der Waals surface area (Å²) in [4.78, 5) is 0. The summed E-state index contributed by atoms with van der Waals surface area (Å²) < 4.78 is 0. The number of hydrogen-bond donors (Lipinski definition) is 2.